The number of piperazine rings is 1. The zero-order valence-corrected chi connectivity index (χ0v) is 13.6. The molecule has 6 heteroatoms. The molecule has 1 amide bonds. The van der Waals surface area contributed by atoms with Crippen LogP contribution in [0.1, 0.15) is 10.4 Å². The zero-order valence-electron chi connectivity index (χ0n) is 12.0. The molecule has 20 heavy (non-hydrogen) atoms. The first-order chi connectivity index (χ1) is 9.56. The number of carbonyl (C=O) groups is 1. The van der Waals surface area contributed by atoms with Gasteiger partial charge in [0.25, 0.3) is 5.91 Å². The largest absolute Gasteiger partial charge is 0.493 e. The highest BCUT2D eigenvalue weighted by Gasteiger charge is 2.23. The Bertz CT molecular complexity index is 499. The summed E-state index contributed by atoms with van der Waals surface area (Å²) < 4.78 is 11.2. The molecule has 0 radical (unpaired) electrons. The van der Waals surface area contributed by atoms with Gasteiger partial charge in [-0.05, 0) is 35.1 Å². The van der Waals surface area contributed by atoms with Crippen molar-refractivity contribution in [2.75, 3.05) is 47.4 Å². The second kappa shape index (κ2) is 6.45. The van der Waals surface area contributed by atoms with Gasteiger partial charge in [-0.25, -0.2) is 0 Å². The molecule has 0 bridgehead atoms. The Morgan fingerprint density at radius 3 is 2.20 bits per heavy atom. The van der Waals surface area contributed by atoms with E-state index in [0.29, 0.717) is 17.1 Å². The molecule has 1 aliphatic heterocycles. The third-order valence-electron chi connectivity index (χ3n) is 3.49. The quantitative estimate of drug-likeness (QED) is 0.840. The van der Waals surface area contributed by atoms with E-state index in [1.807, 2.05) is 4.90 Å². The van der Waals surface area contributed by atoms with Crippen LogP contribution in [0.5, 0.6) is 11.5 Å². The second-order valence-corrected chi connectivity index (χ2v) is 5.64. The standard InChI is InChI=1S/C14H19BrN2O3/c1-16-4-6-17(7-5-16)14(18)10-8-12(19-2)13(20-3)9-11(10)15/h8-9H,4-7H2,1-3H3. The smallest absolute Gasteiger partial charge is 0.255 e. The summed E-state index contributed by atoms with van der Waals surface area (Å²) >= 11 is 3.44. The van der Waals surface area contributed by atoms with Gasteiger partial charge in [0.2, 0.25) is 0 Å². The monoisotopic (exact) mass is 342 g/mol. The fourth-order valence-corrected chi connectivity index (χ4v) is 2.69. The number of methoxy groups -OCH3 is 2. The lowest BCUT2D eigenvalue weighted by atomic mass is 10.1. The van der Waals surface area contributed by atoms with Gasteiger partial charge in [-0.2, -0.15) is 0 Å². The minimum absolute atomic E-state index is 0.0194. The molecule has 5 nitrogen and oxygen atoms in total. The van der Waals surface area contributed by atoms with Crippen LogP contribution in [-0.4, -0.2) is 63.2 Å². The zero-order chi connectivity index (χ0) is 14.7. The summed E-state index contributed by atoms with van der Waals surface area (Å²) in [5, 5.41) is 0. The molecule has 1 aromatic rings. The molecule has 1 fully saturated rings. The van der Waals surface area contributed by atoms with Crippen molar-refractivity contribution in [1.82, 2.24) is 9.80 Å². The fraction of sp³-hybridized carbons (Fsp3) is 0.500. The molecule has 1 aliphatic rings. The van der Waals surface area contributed by atoms with Crippen molar-refractivity contribution in [3.63, 3.8) is 0 Å². The van der Waals surface area contributed by atoms with Gasteiger partial charge < -0.3 is 19.3 Å². The van der Waals surface area contributed by atoms with E-state index in [1.54, 1.807) is 26.4 Å². The van der Waals surface area contributed by atoms with E-state index in [2.05, 4.69) is 27.9 Å². The molecule has 2 rings (SSSR count). The number of likely N-dealkylation sites (N-methyl/N-ethyl adjacent to an activating group) is 1. The highest BCUT2D eigenvalue weighted by atomic mass is 79.9. The molecule has 0 unspecified atom stereocenters. The van der Waals surface area contributed by atoms with Crippen LogP contribution in [0.4, 0.5) is 0 Å². The fourth-order valence-electron chi connectivity index (χ4n) is 2.20. The molecular formula is C14H19BrN2O3. The van der Waals surface area contributed by atoms with Gasteiger partial charge in [0.05, 0.1) is 19.8 Å². The molecule has 1 aromatic carbocycles. The lowest BCUT2D eigenvalue weighted by Gasteiger charge is -2.32. The molecule has 1 heterocycles. The lowest BCUT2D eigenvalue weighted by molar-refractivity contribution is 0.0663. The SMILES string of the molecule is COc1cc(Br)c(C(=O)N2CCN(C)CC2)cc1OC. The van der Waals surface area contributed by atoms with Gasteiger partial charge in [0.15, 0.2) is 11.5 Å². The Kier molecular flexibility index (Phi) is 4.88. The van der Waals surface area contributed by atoms with E-state index < -0.39 is 0 Å². The van der Waals surface area contributed by atoms with Crippen molar-refractivity contribution >= 4 is 21.8 Å². The van der Waals surface area contributed by atoms with Crippen LogP contribution < -0.4 is 9.47 Å². The van der Waals surface area contributed by atoms with Gasteiger partial charge >= 0.3 is 0 Å². The minimum Gasteiger partial charge on any atom is -0.493 e. The topological polar surface area (TPSA) is 42.0 Å². The van der Waals surface area contributed by atoms with Crippen molar-refractivity contribution in [2.24, 2.45) is 0 Å². The van der Waals surface area contributed by atoms with E-state index in [9.17, 15) is 4.79 Å². The Balaban J connectivity index is 2.25. The number of amides is 1. The van der Waals surface area contributed by atoms with Crippen molar-refractivity contribution < 1.29 is 14.3 Å². The van der Waals surface area contributed by atoms with Crippen molar-refractivity contribution in [3.8, 4) is 11.5 Å². The van der Waals surface area contributed by atoms with Crippen LogP contribution in [0.15, 0.2) is 16.6 Å². The summed E-state index contributed by atoms with van der Waals surface area (Å²) in [5.74, 6) is 1.19. The highest BCUT2D eigenvalue weighted by Crippen LogP contribution is 2.33. The summed E-state index contributed by atoms with van der Waals surface area (Å²) in [4.78, 5) is 16.7. The molecule has 1 saturated heterocycles. The van der Waals surface area contributed by atoms with Crippen molar-refractivity contribution in [1.29, 1.82) is 0 Å². The van der Waals surface area contributed by atoms with Gasteiger partial charge in [-0.1, -0.05) is 0 Å². The second-order valence-electron chi connectivity index (χ2n) is 4.78. The molecule has 0 atom stereocenters. The van der Waals surface area contributed by atoms with E-state index in [0.717, 1.165) is 30.7 Å². The number of carbonyl (C=O) groups excluding carboxylic acids is 1. The predicted octanol–water partition coefficient (Wildman–Crippen LogP) is 1.85. The predicted molar refractivity (Wildman–Crippen MR) is 80.6 cm³/mol. The summed E-state index contributed by atoms with van der Waals surface area (Å²) in [6.07, 6.45) is 0. The van der Waals surface area contributed by atoms with Gasteiger partial charge in [0.1, 0.15) is 0 Å². The number of nitrogens with zero attached hydrogens (tertiary/aromatic N) is 2. The normalized spacial score (nSPS) is 16.1. The van der Waals surface area contributed by atoms with Gasteiger partial charge in [0, 0.05) is 30.7 Å². The van der Waals surface area contributed by atoms with Crippen LogP contribution in [0.3, 0.4) is 0 Å². The molecule has 0 aliphatic carbocycles. The Morgan fingerprint density at radius 2 is 1.65 bits per heavy atom. The third kappa shape index (κ3) is 3.07. The Hall–Kier alpha value is -1.27. The van der Waals surface area contributed by atoms with E-state index >= 15 is 0 Å². The number of halogens is 1. The van der Waals surface area contributed by atoms with E-state index in [4.69, 9.17) is 9.47 Å². The summed E-state index contributed by atoms with van der Waals surface area (Å²) in [6.45, 7) is 3.29. The molecule has 0 N–H and O–H groups in total. The minimum atomic E-state index is 0.0194. The molecule has 0 aromatic heterocycles. The summed E-state index contributed by atoms with van der Waals surface area (Å²) in [7, 11) is 5.20. The van der Waals surface area contributed by atoms with Crippen LogP contribution in [0, 0.1) is 0 Å². The third-order valence-corrected chi connectivity index (χ3v) is 4.15. The van der Waals surface area contributed by atoms with Gasteiger partial charge in [-0.15, -0.1) is 0 Å². The average molecular weight is 343 g/mol. The number of ether oxygens (including phenoxy) is 2. The Morgan fingerprint density at radius 1 is 1.10 bits per heavy atom. The summed E-state index contributed by atoms with van der Waals surface area (Å²) in [5.41, 5.74) is 0.604. The maximum Gasteiger partial charge on any atom is 0.255 e. The van der Waals surface area contributed by atoms with Crippen LogP contribution in [0.25, 0.3) is 0 Å². The first-order valence-electron chi connectivity index (χ1n) is 6.46. The van der Waals surface area contributed by atoms with E-state index in [1.165, 1.54) is 0 Å². The van der Waals surface area contributed by atoms with Crippen LogP contribution in [-0.2, 0) is 0 Å². The van der Waals surface area contributed by atoms with Crippen LogP contribution in [0.2, 0.25) is 0 Å². The number of benzene rings is 1. The lowest BCUT2D eigenvalue weighted by Crippen LogP contribution is -2.47. The number of rotatable bonds is 3. The first kappa shape index (κ1) is 15.1. The van der Waals surface area contributed by atoms with Crippen molar-refractivity contribution in [2.45, 2.75) is 0 Å². The van der Waals surface area contributed by atoms with E-state index in [-0.39, 0.29) is 5.91 Å². The molecule has 110 valence electrons. The molecule has 0 spiro atoms. The maximum atomic E-state index is 12.6. The average Bonchev–Trinajstić information content (AvgIpc) is 2.47. The first-order valence-corrected chi connectivity index (χ1v) is 7.25. The Labute approximate surface area is 127 Å². The van der Waals surface area contributed by atoms with Crippen molar-refractivity contribution in [3.05, 3.63) is 22.2 Å². The highest BCUT2D eigenvalue weighted by molar-refractivity contribution is 9.10. The number of hydrogen-bond donors (Lipinski definition) is 0. The van der Waals surface area contributed by atoms with Crippen LogP contribution >= 0.6 is 15.9 Å². The molecule has 0 saturated carbocycles. The molecular weight excluding hydrogens is 324 g/mol. The maximum absolute atomic E-state index is 12.6. The summed E-state index contributed by atoms with van der Waals surface area (Å²) in [6, 6.07) is 3.49. The van der Waals surface area contributed by atoms with Gasteiger partial charge in [-0.3, -0.25) is 4.79 Å². The number of hydrogen-bond acceptors (Lipinski definition) is 4.